The van der Waals surface area contributed by atoms with Gasteiger partial charge in [-0.05, 0) is 26.8 Å². The van der Waals surface area contributed by atoms with E-state index in [1.807, 2.05) is 18.7 Å². The Morgan fingerprint density at radius 2 is 2.14 bits per heavy atom. The predicted octanol–water partition coefficient (Wildman–Crippen LogP) is -0.0643. The van der Waals surface area contributed by atoms with Crippen molar-refractivity contribution < 1.29 is 4.79 Å². The number of nitrogens with zero attached hydrogens (tertiary/aromatic N) is 1. The second-order valence-electron chi connectivity index (χ2n) is 4.65. The lowest BCUT2D eigenvalue weighted by molar-refractivity contribution is -0.132. The summed E-state index contributed by atoms with van der Waals surface area (Å²) in [5.74, 6) is 0.182. The average molecular weight is 199 g/mol. The van der Waals surface area contributed by atoms with Crippen LogP contribution in [0.3, 0.4) is 0 Å². The second-order valence-corrected chi connectivity index (χ2v) is 4.65. The Kier molecular flexibility index (Phi) is 3.89. The van der Waals surface area contributed by atoms with Crippen molar-refractivity contribution >= 4 is 5.91 Å². The molecule has 3 N–H and O–H groups in total. The summed E-state index contributed by atoms with van der Waals surface area (Å²) >= 11 is 0. The van der Waals surface area contributed by atoms with Crippen LogP contribution < -0.4 is 11.1 Å². The van der Waals surface area contributed by atoms with Gasteiger partial charge in [0.1, 0.15) is 0 Å². The van der Waals surface area contributed by atoms with Crippen LogP contribution >= 0.6 is 0 Å². The first kappa shape index (κ1) is 11.5. The largest absolute Gasteiger partial charge is 0.341 e. The van der Waals surface area contributed by atoms with Gasteiger partial charge in [0.05, 0.1) is 0 Å². The fourth-order valence-corrected chi connectivity index (χ4v) is 1.60. The van der Waals surface area contributed by atoms with Crippen LogP contribution in [-0.4, -0.2) is 42.5 Å². The minimum atomic E-state index is -0.392. The first-order valence-electron chi connectivity index (χ1n) is 5.26. The van der Waals surface area contributed by atoms with Crippen LogP contribution in [0.25, 0.3) is 0 Å². The number of hydrogen-bond acceptors (Lipinski definition) is 3. The topological polar surface area (TPSA) is 58.4 Å². The molecule has 14 heavy (non-hydrogen) atoms. The molecule has 0 unspecified atom stereocenters. The zero-order valence-electron chi connectivity index (χ0n) is 9.18. The highest BCUT2D eigenvalue weighted by atomic mass is 16.2. The van der Waals surface area contributed by atoms with Gasteiger partial charge in [-0.25, -0.2) is 0 Å². The van der Waals surface area contributed by atoms with Gasteiger partial charge in [0.25, 0.3) is 0 Å². The molecular formula is C10H21N3O. The summed E-state index contributed by atoms with van der Waals surface area (Å²) in [5, 5.41) is 3.27. The Labute approximate surface area is 85.8 Å². The number of rotatable bonds is 2. The van der Waals surface area contributed by atoms with Gasteiger partial charge >= 0.3 is 0 Å². The number of carbonyl (C=O) groups is 1. The molecule has 0 radical (unpaired) electrons. The molecule has 0 aromatic rings. The van der Waals surface area contributed by atoms with Crippen LogP contribution in [0.15, 0.2) is 0 Å². The summed E-state index contributed by atoms with van der Waals surface area (Å²) in [5.41, 5.74) is 5.43. The molecule has 0 aromatic heterocycles. The Morgan fingerprint density at radius 1 is 1.43 bits per heavy atom. The summed E-state index contributed by atoms with van der Waals surface area (Å²) in [6.07, 6.45) is 1.48. The minimum absolute atomic E-state index is 0.182. The van der Waals surface area contributed by atoms with Crippen LogP contribution in [0.4, 0.5) is 0 Å². The Bertz CT molecular complexity index is 190. The van der Waals surface area contributed by atoms with E-state index < -0.39 is 5.54 Å². The zero-order chi connectivity index (χ0) is 10.6. The standard InChI is InChI=1S/C10H21N3O/c1-10(2,11)8-9(14)13-6-3-4-12-5-7-13/h12H,3-8,11H2,1-2H3. The quantitative estimate of drug-likeness (QED) is 0.655. The van der Waals surface area contributed by atoms with Crippen LogP contribution in [0.1, 0.15) is 26.7 Å². The molecule has 0 atom stereocenters. The minimum Gasteiger partial charge on any atom is -0.341 e. The summed E-state index contributed by atoms with van der Waals surface area (Å²) in [7, 11) is 0. The van der Waals surface area contributed by atoms with E-state index in [1.54, 1.807) is 0 Å². The first-order chi connectivity index (χ1) is 6.49. The molecule has 1 aliphatic rings. The van der Waals surface area contributed by atoms with Crippen LogP contribution in [0.2, 0.25) is 0 Å². The van der Waals surface area contributed by atoms with E-state index in [4.69, 9.17) is 5.73 Å². The maximum absolute atomic E-state index is 11.8. The highest BCUT2D eigenvalue weighted by Crippen LogP contribution is 2.08. The average Bonchev–Trinajstić information content (AvgIpc) is 2.27. The van der Waals surface area contributed by atoms with Crippen molar-refractivity contribution in [2.45, 2.75) is 32.2 Å². The Hall–Kier alpha value is -0.610. The second kappa shape index (κ2) is 4.75. The van der Waals surface area contributed by atoms with Gasteiger partial charge in [0.2, 0.25) is 5.91 Å². The van der Waals surface area contributed by atoms with E-state index in [1.165, 1.54) is 0 Å². The fraction of sp³-hybridized carbons (Fsp3) is 0.900. The molecular weight excluding hydrogens is 178 g/mol. The zero-order valence-corrected chi connectivity index (χ0v) is 9.18. The van der Waals surface area contributed by atoms with Crippen molar-refractivity contribution in [3.05, 3.63) is 0 Å². The Balaban J connectivity index is 2.42. The van der Waals surface area contributed by atoms with Gasteiger partial charge in [-0.2, -0.15) is 0 Å². The summed E-state index contributed by atoms with van der Waals surface area (Å²) in [6, 6.07) is 0. The van der Waals surface area contributed by atoms with Gasteiger partial charge in [-0.3, -0.25) is 4.79 Å². The number of carbonyl (C=O) groups excluding carboxylic acids is 1. The van der Waals surface area contributed by atoms with Crippen molar-refractivity contribution in [1.82, 2.24) is 10.2 Å². The smallest absolute Gasteiger partial charge is 0.224 e. The monoisotopic (exact) mass is 199 g/mol. The third-order valence-electron chi connectivity index (χ3n) is 2.30. The number of hydrogen-bond donors (Lipinski definition) is 2. The fourth-order valence-electron chi connectivity index (χ4n) is 1.60. The van der Waals surface area contributed by atoms with Crippen molar-refractivity contribution in [3.63, 3.8) is 0 Å². The van der Waals surface area contributed by atoms with Crippen LogP contribution in [0, 0.1) is 0 Å². The van der Waals surface area contributed by atoms with Crippen LogP contribution in [-0.2, 0) is 4.79 Å². The molecule has 82 valence electrons. The van der Waals surface area contributed by atoms with Crippen molar-refractivity contribution in [2.75, 3.05) is 26.2 Å². The lowest BCUT2D eigenvalue weighted by Crippen LogP contribution is -2.42. The van der Waals surface area contributed by atoms with E-state index in [0.717, 1.165) is 32.6 Å². The lowest BCUT2D eigenvalue weighted by Gasteiger charge is -2.25. The highest BCUT2D eigenvalue weighted by Gasteiger charge is 2.21. The van der Waals surface area contributed by atoms with Crippen molar-refractivity contribution in [3.8, 4) is 0 Å². The molecule has 1 fully saturated rings. The molecule has 1 heterocycles. The molecule has 4 heteroatoms. The van der Waals surface area contributed by atoms with E-state index in [2.05, 4.69) is 5.32 Å². The molecule has 0 saturated carbocycles. The third-order valence-corrected chi connectivity index (χ3v) is 2.30. The summed E-state index contributed by atoms with van der Waals surface area (Å²) < 4.78 is 0. The van der Waals surface area contributed by atoms with Crippen molar-refractivity contribution in [1.29, 1.82) is 0 Å². The number of nitrogens with two attached hydrogens (primary N) is 1. The van der Waals surface area contributed by atoms with Gasteiger partial charge in [-0.1, -0.05) is 0 Å². The van der Waals surface area contributed by atoms with Gasteiger partial charge in [0.15, 0.2) is 0 Å². The highest BCUT2D eigenvalue weighted by molar-refractivity contribution is 5.77. The summed E-state index contributed by atoms with van der Waals surface area (Å²) in [6.45, 7) is 7.37. The van der Waals surface area contributed by atoms with E-state index >= 15 is 0 Å². The number of amides is 1. The van der Waals surface area contributed by atoms with E-state index in [9.17, 15) is 4.79 Å². The molecule has 1 amide bonds. The van der Waals surface area contributed by atoms with E-state index in [0.29, 0.717) is 6.42 Å². The lowest BCUT2D eigenvalue weighted by atomic mass is 10.0. The van der Waals surface area contributed by atoms with Gasteiger partial charge in [-0.15, -0.1) is 0 Å². The molecule has 1 aliphatic heterocycles. The SMILES string of the molecule is CC(C)(N)CC(=O)N1CCCNCC1. The van der Waals surface area contributed by atoms with Crippen molar-refractivity contribution in [2.24, 2.45) is 5.73 Å². The summed E-state index contributed by atoms with van der Waals surface area (Å²) in [4.78, 5) is 13.7. The maximum Gasteiger partial charge on any atom is 0.224 e. The Morgan fingerprint density at radius 3 is 2.79 bits per heavy atom. The molecule has 0 aliphatic carbocycles. The normalized spacial score (nSPS) is 19.2. The van der Waals surface area contributed by atoms with Gasteiger partial charge in [0, 0.05) is 31.6 Å². The van der Waals surface area contributed by atoms with Gasteiger partial charge < -0.3 is 16.0 Å². The molecule has 1 rings (SSSR count). The molecule has 0 spiro atoms. The maximum atomic E-state index is 11.8. The first-order valence-corrected chi connectivity index (χ1v) is 5.26. The molecule has 4 nitrogen and oxygen atoms in total. The van der Waals surface area contributed by atoms with E-state index in [-0.39, 0.29) is 5.91 Å². The predicted molar refractivity (Wildman–Crippen MR) is 57.0 cm³/mol. The van der Waals surface area contributed by atoms with Crippen LogP contribution in [0.5, 0.6) is 0 Å². The third kappa shape index (κ3) is 4.07. The number of nitrogens with one attached hydrogen (secondary N) is 1. The molecule has 1 saturated heterocycles. The molecule has 0 bridgehead atoms. The molecule has 0 aromatic carbocycles.